The third-order valence-electron chi connectivity index (χ3n) is 3.27. The van der Waals surface area contributed by atoms with Crippen molar-refractivity contribution in [2.45, 2.75) is 57.3 Å². The molecule has 0 spiro atoms. The minimum absolute atomic E-state index is 0.0603. The summed E-state index contributed by atoms with van der Waals surface area (Å²) in [4.78, 5) is 10.3. The van der Waals surface area contributed by atoms with Crippen molar-refractivity contribution in [1.82, 2.24) is 0 Å². The average Bonchev–Trinajstić information content (AvgIpc) is 2.57. The van der Waals surface area contributed by atoms with Gasteiger partial charge < -0.3 is 20.4 Å². The highest BCUT2D eigenvalue weighted by Gasteiger charge is 2.01. The van der Waals surface area contributed by atoms with Gasteiger partial charge in [0.2, 0.25) is 0 Å². The fraction of sp³-hybridized carbons (Fsp3) is 0.450. The van der Waals surface area contributed by atoms with Crippen molar-refractivity contribution in [3.05, 3.63) is 60.8 Å². The van der Waals surface area contributed by atoms with Crippen LogP contribution in [0.2, 0.25) is 0 Å². The van der Waals surface area contributed by atoms with Crippen LogP contribution in [0.15, 0.2) is 60.8 Å². The van der Waals surface area contributed by atoms with Crippen LogP contribution in [0.1, 0.15) is 39.0 Å². The Kier molecular flexibility index (Phi) is 14.4. The minimum Gasteiger partial charge on any atom is -0.481 e. The third kappa shape index (κ3) is 16.7. The highest BCUT2D eigenvalue weighted by atomic mass is 16.4. The Morgan fingerprint density at radius 1 is 0.840 bits per heavy atom. The molecule has 0 bridgehead atoms. The molecule has 140 valence electrons. The molecule has 0 radical (unpaired) electrons. The highest BCUT2D eigenvalue weighted by Crippen LogP contribution is 2.02. The van der Waals surface area contributed by atoms with Gasteiger partial charge in [0, 0.05) is 6.42 Å². The zero-order chi connectivity index (χ0) is 18.9. The maximum absolute atomic E-state index is 10.3. The van der Waals surface area contributed by atoms with E-state index < -0.39 is 24.3 Å². The fourth-order valence-electron chi connectivity index (χ4n) is 1.78. The SMILES string of the molecule is CC[C@@H](O)/C=C/C=C\CC(O)/C=C/C=C/C=C\C(O)CCCC(=O)O. The maximum Gasteiger partial charge on any atom is 0.303 e. The van der Waals surface area contributed by atoms with Crippen molar-refractivity contribution in [2.75, 3.05) is 0 Å². The van der Waals surface area contributed by atoms with Gasteiger partial charge in [-0.05, 0) is 25.7 Å². The third-order valence-corrected chi connectivity index (χ3v) is 3.27. The molecule has 0 aromatic rings. The predicted octanol–water partition coefficient (Wildman–Crippen LogP) is 2.91. The lowest BCUT2D eigenvalue weighted by Gasteiger charge is -2.02. The summed E-state index contributed by atoms with van der Waals surface area (Å²) in [7, 11) is 0. The number of carboxylic acids is 1. The van der Waals surface area contributed by atoms with Crippen molar-refractivity contribution >= 4 is 5.97 Å². The van der Waals surface area contributed by atoms with E-state index in [-0.39, 0.29) is 6.42 Å². The number of hydrogen-bond acceptors (Lipinski definition) is 4. The minimum atomic E-state index is -0.857. The molecule has 5 nitrogen and oxygen atoms in total. The maximum atomic E-state index is 10.3. The van der Waals surface area contributed by atoms with Gasteiger partial charge >= 0.3 is 5.97 Å². The average molecular weight is 350 g/mol. The van der Waals surface area contributed by atoms with E-state index in [0.29, 0.717) is 25.7 Å². The first kappa shape index (κ1) is 23.1. The molecule has 3 atom stereocenters. The molecule has 2 unspecified atom stereocenters. The van der Waals surface area contributed by atoms with Gasteiger partial charge in [-0.1, -0.05) is 67.7 Å². The Labute approximate surface area is 150 Å². The molecule has 0 heterocycles. The first-order valence-electron chi connectivity index (χ1n) is 8.56. The molecule has 0 aromatic carbocycles. The summed E-state index contributed by atoms with van der Waals surface area (Å²) in [6.07, 6.45) is 17.6. The normalized spacial score (nSPS) is 16.6. The molecular weight excluding hydrogens is 320 g/mol. The number of aliphatic hydroxyl groups excluding tert-OH is 3. The first-order valence-corrected chi connectivity index (χ1v) is 8.56. The van der Waals surface area contributed by atoms with Crippen LogP contribution in [0.25, 0.3) is 0 Å². The van der Waals surface area contributed by atoms with Crippen LogP contribution in [0.4, 0.5) is 0 Å². The van der Waals surface area contributed by atoms with E-state index in [1.165, 1.54) is 0 Å². The summed E-state index contributed by atoms with van der Waals surface area (Å²) in [5.41, 5.74) is 0. The Balaban J connectivity index is 3.95. The number of hydrogen-bond donors (Lipinski definition) is 4. The molecule has 0 saturated carbocycles. The zero-order valence-electron chi connectivity index (χ0n) is 14.7. The molecule has 0 rings (SSSR count). The van der Waals surface area contributed by atoms with Gasteiger partial charge in [0.1, 0.15) is 0 Å². The smallest absolute Gasteiger partial charge is 0.303 e. The van der Waals surface area contributed by atoms with Gasteiger partial charge in [0.25, 0.3) is 0 Å². The Hall–Kier alpha value is -1.95. The molecule has 5 heteroatoms. The van der Waals surface area contributed by atoms with Gasteiger partial charge in [-0.15, -0.1) is 0 Å². The quantitative estimate of drug-likeness (QED) is 0.383. The number of aliphatic hydroxyl groups is 3. The molecule has 0 aliphatic heterocycles. The first-order chi connectivity index (χ1) is 12.0. The van der Waals surface area contributed by atoms with Crippen LogP contribution >= 0.6 is 0 Å². The summed E-state index contributed by atoms with van der Waals surface area (Å²) < 4.78 is 0. The highest BCUT2D eigenvalue weighted by molar-refractivity contribution is 5.66. The number of rotatable bonds is 13. The van der Waals surface area contributed by atoms with Gasteiger partial charge in [0.15, 0.2) is 0 Å². The second-order valence-electron chi connectivity index (χ2n) is 5.60. The van der Waals surface area contributed by atoms with Crippen LogP contribution in [0.3, 0.4) is 0 Å². The molecule has 0 fully saturated rings. The van der Waals surface area contributed by atoms with E-state index in [1.54, 1.807) is 54.7 Å². The lowest BCUT2D eigenvalue weighted by Crippen LogP contribution is -2.03. The van der Waals surface area contributed by atoms with Crippen molar-refractivity contribution in [2.24, 2.45) is 0 Å². The van der Waals surface area contributed by atoms with Crippen LogP contribution in [0.5, 0.6) is 0 Å². The van der Waals surface area contributed by atoms with Gasteiger partial charge in [-0.25, -0.2) is 0 Å². The van der Waals surface area contributed by atoms with Crippen molar-refractivity contribution in [1.29, 1.82) is 0 Å². The molecule has 0 aliphatic carbocycles. The van der Waals surface area contributed by atoms with Crippen molar-refractivity contribution in [3.63, 3.8) is 0 Å². The standard InChI is InChI=1S/C20H30O5/c1-2-17(21)11-8-5-9-14-18(22)12-6-3-4-7-13-19(23)15-10-16-20(24)25/h3-9,11-13,17-19,21-23H,2,10,14-16H2,1H3,(H,24,25)/b4-3+,9-5-,11-8+,12-6+,13-7-/t17-,18?,19?/m1/s1. The van der Waals surface area contributed by atoms with E-state index in [9.17, 15) is 20.1 Å². The predicted molar refractivity (Wildman–Crippen MR) is 100 cm³/mol. The molecule has 0 amide bonds. The van der Waals surface area contributed by atoms with Gasteiger partial charge in [0.05, 0.1) is 18.3 Å². The Morgan fingerprint density at radius 3 is 2.00 bits per heavy atom. The summed E-state index contributed by atoms with van der Waals surface area (Å²) in [6, 6.07) is 0. The van der Waals surface area contributed by atoms with E-state index in [0.717, 1.165) is 0 Å². The summed E-state index contributed by atoms with van der Waals surface area (Å²) in [6.45, 7) is 1.90. The molecule has 0 saturated heterocycles. The zero-order valence-corrected chi connectivity index (χ0v) is 14.7. The molecule has 0 aromatic heterocycles. The lowest BCUT2D eigenvalue weighted by molar-refractivity contribution is -0.137. The van der Waals surface area contributed by atoms with Gasteiger partial charge in [-0.3, -0.25) is 4.79 Å². The molecule has 4 N–H and O–H groups in total. The van der Waals surface area contributed by atoms with E-state index >= 15 is 0 Å². The molecular formula is C20H30O5. The largest absolute Gasteiger partial charge is 0.481 e. The van der Waals surface area contributed by atoms with Crippen LogP contribution in [0, 0.1) is 0 Å². The van der Waals surface area contributed by atoms with E-state index in [1.807, 2.05) is 13.0 Å². The Bertz CT molecular complexity index is 488. The number of carbonyl (C=O) groups is 1. The monoisotopic (exact) mass is 350 g/mol. The summed E-state index contributed by atoms with van der Waals surface area (Å²) >= 11 is 0. The van der Waals surface area contributed by atoms with E-state index in [2.05, 4.69) is 0 Å². The number of carboxylic acid groups (broad SMARTS) is 1. The number of allylic oxidation sites excluding steroid dienone is 6. The summed E-state index contributed by atoms with van der Waals surface area (Å²) in [5.74, 6) is -0.857. The topological polar surface area (TPSA) is 98.0 Å². The second-order valence-corrected chi connectivity index (χ2v) is 5.60. The van der Waals surface area contributed by atoms with Crippen molar-refractivity contribution < 1.29 is 25.2 Å². The van der Waals surface area contributed by atoms with Crippen molar-refractivity contribution in [3.8, 4) is 0 Å². The van der Waals surface area contributed by atoms with Crippen LogP contribution in [-0.2, 0) is 4.79 Å². The van der Waals surface area contributed by atoms with Gasteiger partial charge in [-0.2, -0.15) is 0 Å². The number of aliphatic carboxylic acids is 1. The van der Waals surface area contributed by atoms with Crippen LogP contribution in [-0.4, -0.2) is 44.7 Å². The Morgan fingerprint density at radius 2 is 1.40 bits per heavy atom. The van der Waals surface area contributed by atoms with E-state index in [4.69, 9.17) is 5.11 Å². The fourth-order valence-corrected chi connectivity index (χ4v) is 1.78. The summed E-state index contributed by atoms with van der Waals surface area (Å²) in [5, 5.41) is 37.2. The van der Waals surface area contributed by atoms with Crippen LogP contribution < -0.4 is 0 Å². The second kappa shape index (κ2) is 15.6. The lowest BCUT2D eigenvalue weighted by atomic mass is 10.1. The molecule has 0 aliphatic rings. The molecule has 25 heavy (non-hydrogen) atoms.